The fourth-order valence-corrected chi connectivity index (χ4v) is 3.01. The number of nitrogens with zero attached hydrogens (tertiary/aromatic N) is 1. The molecule has 4 aromatic rings. The molecule has 0 aliphatic heterocycles. The van der Waals surface area contributed by atoms with E-state index in [4.69, 9.17) is 9.15 Å². The number of ether oxygens (including phenoxy) is 1. The molecule has 0 atom stereocenters. The summed E-state index contributed by atoms with van der Waals surface area (Å²) in [7, 11) is 1.39. The van der Waals surface area contributed by atoms with Crippen molar-refractivity contribution in [3.8, 4) is 5.75 Å². The SMILES string of the molecule is COc1cc(C=Cc2n[nH]c3cc(F)c(NC(=O)Cc4ccoc4)cc23)ccc1F. The minimum Gasteiger partial charge on any atom is -0.494 e. The Kier molecular flexibility index (Phi) is 5.30. The first kappa shape index (κ1) is 19.4. The highest BCUT2D eigenvalue weighted by Gasteiger charge is 2.13. The van der Waals surface area contributed by atoms with Gasteiger partial charge in [-0.1, -0.05) is 12.1 Å². The Hall–Kier alpha value is -3.94. The van der Waals surface area contributed by atoms with E-state index in [2.05, 4.69) is 15.5 Å². The number of aromatic amines is 1. The monoisotopic (exact) mass is 409 g/mol. The summed E-state index contributed by atoms with van der Waals surface area (Å²) < 4.78 is 37.9. The second-order valence-electron chi connectivity index (χ2n) is 6.57. The van der Waals surface area contributed by atoms with Crippen LogP contribution in [0.5, 0.6) is 5.75 Å². The number of rotatable bonds is 6. The van der Waals surface area contributed by atoms with Crippen LogP contribution in [0.15, 0.2) is 53.3 Å². The zero-order valence-corrected chi connectivity index (χ0v) is 15.9. The van der Waals surface area contributed by atoms with Gasteiger partial charge in [0.2, 0.25) is 5.91 Å². The summed E-state index contributed by atoms with van der Waals surface area (Å²) in [4.78, 5) is 12.2. The molecule has 2 aromatic heterocycles. The Balaban J connectivity index is 1.59. The molecule has 8 heteroatoms. The Morgan fingerprint density at radius 1 is 1.20 bits per heavy atom. The molecule has 4 rings (SSSR count). The van der Waals surface area contributed by atoms with Gasteiger partial charge in [0.1, 0.15) is 5.82 Å². The zero-order valence-electron chi connectivity index (χ0n) is 15.9. The van der Waals surface area contributed by atoms with E-state index in [-0.39, 0.29) is 23.8 Å². The molecule has 0 bridgehead atoms. The molecule has 0 aliphatic carbocycles. The first-order chi connectivity index (χ1) is 14.5. The number of hydrogen-bond acceptors (Lipinski definition) is 4. The highest BCUT2D eigenvalue weighted by atomic mass is 19.1. The molecule has 2 aromatic carbocycles. The number of anilines is 1. The average Bonchev–Trinajstić information content (AvgIpc) is 3.37. The molecular weight excluding hydrogens is 392 g/mol. The predicted octanol–water partition coefficient (Wildman–Crippen LogP) is 4.79. The lowest BCUT2D eigenvalue weighted by atomic mass is 10.1. The summed E-state index contributed by atoms with van der Waals surface area (Å²) in [5.41, 5.74) is 2.47. The van der Waals surface area contributed by atoms with E-state index in [0.717, 1.165) is 0 Å². The van der Waals surface area contributed by atoms with E-state index in [1.807, 2.05) is 0 Å². The summed E-state index contributed by atoms with van der Waals surface area (Å²) in [5, 5.41) is 10.1. The summed E-state index contributed by atoms with van der Waals surface area (Å²) in [6.45, 7) is 0. The van der Waals surface area contributed by atoms with Gasteiger partial charge in [-0.05, 0) is 41.5 Å². The van der Waals surface area contributed by atoms with Crippen LogP contribution < -0.4 is 10.1 Å². The number of benzene rings is 2. The fourth-order valence-electron chi connectivity index (χ4n) is 3.01. The van der Waals surface area contributed by atoms with E-state index in [1.54, 1.807) is 30.4 Å². The van der Waals surface area contributed by atoms with E-state index in [9.17, 15) is 13.6 Å². The van der Waals surface area contributed by atoms with Crippen LogP contribution in [0.25, 0.3) is 23.1 Å². The van der Waals surface area contributed by atoms with E-state index in [1.165, 1.54) is 37.8 Å². The third kappa shape index (κ3) is 4.07. The standard InChI is InChI=1S/C22H17F2N3O3/c1-29-21-8-13(2-4-16(21)23)3-5-18-15-10-20(17(24)11-19(15)27-26-18)25-22(28)9-14-6-7-30-12-14/h2-8,10-12H,9H2,1H3,(H,25,28)(H,26,27). The first-order valence-corrected chi connectivity index (χ1v) is 9.03. The molecule has 0 radical (unpaired) electrons. The van der Waals surface area contributed by atoms with Crippen molar-refractivity contribution in [2.45, 2.75) is 6.42 Å². The molecule has 2 N–H and O–H groups in total. The molecule has 0 saturated heterocycles. The van der Waals surface area contributed by atoms with Crippen LogP contribution in [0.4, 0.5) is 14.5 Å². The van der Waals surface area contributed by atoms with Crippen molar-refractivity contribution in [1.82, 2.24) is 10.2 Å². The molecule has 0 aliphatic rings. The number of amides is 1. The van der Waals surface area contributed by atoms with Gasteiger partial charge in [0.15, 0.2) is 11.6 Å². The normalized spacial score (nSPS) is 11.3. The summed E-state index contributed by atoms with van der Waals surface area (Å²) in [6, 6.07) is 8.93. The minimum atomic E-state index is -0.578. The summed E-state index contributed by atoms with van der Waals surface area (Å²) in [6.07, 6.45) is 6.44. The quantitative estimate of drug-likeness (QED) is 0.480. The second kappa shape index (κ2) is 8.20. The molecule has 30 heavy (non-hydrogen) atoms. The summed E-state index contributed by atoms with van der Waals surface area (Å²) >= 11 is 0. The molecule has 0 saturated carbocycles. The lowest BCUT2D eigenvalue weighted by Gasteiger charge is -2.06. The van der Waals surface area contributed by atoms with Crippen molar-refractivity contribution < 1.29 is 22.7 Å². The third-order valence-corrected chi connectivity index (χ3v) is 4.51. The Morgan fingerprint density at radius 2 is 2.07 bits per heavy atom. The van der Waals surface area contributed by atoms with Crippen LogP contribution in [0.1, 0.15) is 16.8 Å². The number of methoxy groups -OCH3 is 1. The molecule has 0 unspecified atom stereocenters. The van der Waals surface area contributed by atoms with Crippen LogP contribution in [0, 0.1) is 11.6 Å². The van der Waals surface area contributed by atoms with Crippen molar-refractivity contribution >= 4 is 34.6 Å². The molecule has 0 spiro atoms. The number of carbonyl (C=O) groups excluding carboxylic acids is 1. The van der Waals surface area contributed by atoms with Crippen LogP contribution >= 0.6 is 0 Å². The largest absolute Gasteiger partial charge is 0.494 e. The number of H-pyrrole nitrogens is 1. The van der Waals surface area contributed by atoms with Crippen LogP contribution in [-0.4, -0.2) is 23.2 Å². The van der Waals surface area contributed by atoms with E-state index >= 15 is 0 Å². The zero-order chi connectivity index (χ0) is 21.1. The molecular formula is C22H17F2N3O3. The average molecular weight is 409 g/mol. The second-order valence-corrected chi connectivity index (χ2v) is 6.57. The molecule has 2 heterocycles. The molecule has 1 amide bonds. The minimum absolute atomic E-state index is 0.0514. The van der Waals surface area contributed by atoms with Crippen LogP contribution in [0.3, 0.4) is 0 Å². The first-order valence-electron chi connectivity index (χ1n) is 9.03. The number of hydrogen-bond donors (Lipinski definition) is 2. The maximum absolute atomic E-state index is 14.4. The highest BCUT2D eigenvalue weighted by Crippen LogP contribution is 2.26. The molecule has 0 fully saturated rings. The van der Waals surface area contributed by atoms with Crippen LogP contribution in [-0.2, 0) is 11.2 Å². The smallest absolute Gasteiger partial charge is 0.228 e. The summed E-state index contributed by atoms with van der Waals surface area (Å²) in [5.74, 6) is -1.26. The number of nitrogens with one attached hydrogen (secondary N) is 2. The van der Waals surface area contributed by atoms with Crippen molar-refractivity contribution in [3.63, 3.8) is 0 Å². The van der Waals surface area contributed by atoms with Gasteiger partial charge in [-0.2, -0.15) is 5.10 Å². The maximum Gasteiger partial charge on any atom is 0.228 e. The predicted molar refractivity (Wildman–Crippen MR) is 109 cm³/mol. The highest BCUT2D eigenvalue weighted by molar-refractivity contribution is 5.97. The molecule has 152 valence electrons. The lowest BCUT2D eigenvalue weighted by molar-refractivity contribution is -0.115. The van der Waals surface area contributed by atoms with Crippen molar-refractivity contribution in [1.29, 1.82) is 0 Å². The van der Waals surface area contributed by atoms with Gasteiger partial charge in [-0.15, -0.1) is 0 Å². The van der Waals surface area contributed by atoms with Gasteiger partial charge in [-0.25, -0.2) is 8.78 Å². The van der Waals surface area contributed by atoms with Gasteiger partial charge in [-0.3, -0.25) is 9.89 Å². The van der Waals surface area contributed by atoms with E-state index in [0.29, 0.717) is 27.7 Å². The van der Waals surface area contributed by atoms with Gasteiger partial charge in [0.25, 0.3) is 0 Å². The van der Waals surface area contributed by atoms with Gasteiger partial charge >= 0.3 is 0 Å². The van der Waals surface area contributed by atoms with Gasteiger partial charge < -0.3 is 14.5 Å². The van der Waals surface area contributed by atoms with Gasteiger partial charge in [0.05, 0.1) is 43.0 Å². The van der Waals surface area contributed by atoms with Crippen molar-refractivity contribution in [2.24, 2.45) is 0 Å². The van der Waals surface area contributed by atoms with Crippen LogP contribution in [0.2, 0.25) is 0 Å². The Morgan fingerprint density at radius 3 is 2.83 bits per heavy atom. The maximum atomic E-state index is 14.4. The lowest BCUT2D eigenvalue weighted by Crippen LogP contribution is -2.15. The Bertz CT molecular complexity index is 1230. The topological polar surface area (TPSA) is 80.1 Å². The van der Waals surface area contributed by atoms with Crippen molar-refractivity contribution in [2.75, 3.05) is 12.4 Å². The third-order valence-electron chi connectivity index (χ3n) is 4.51. The number of aromatic nitrogens is 2. The van der Waals surface area contributed by atoms with Gasteiger partial charge in [0, 0.05) is 11.5 Å². The van der Waals surface area contributed by atoms with E-state index < -0.39 is 11.6 Å². The number of carbonyl (C=O) groups is 1. The van der Waals surface area contributed by atoms with Crippen molar-refractivity contribution in [3.05, 3.63) is 77.4 Å². The molecule has 6 nitrogen and oxygen atoms in total. The Labute approximate surface area is 170 Å². The number of furan rings is 1. The fraction of sp³-hybridized carbons (Fsp3) is 0.0909. The number of fused-ring (bicyclic) bond motifs is 1. The number of halogens is 2.